The molecule has 32 heavy (non-hydrogen) atoms. The van der Waals surface area contributed by atoms with Crippen LogP contribution in [0.1, 0.15) is 31.5 Å². The fourth-order valence-electron chi connectivity index (χ4n) is 4.13. The third kappa shape index (κ3) is 4.68. The minimum Gasteiger partial charge on any atom is -0.380 e. The number of anilines is 3. The lowest BCUT2D eigenvalue weighted by Crippen LogP contribution is -2.35. The number of fused-ring (bicyclic) bond motifs is 1. The van der Waals surface area contributed by atoms with Gasteiger partial charge in [0.05, 0.1) is 18.8 Å². The second kappa shape index (κ2) is 9.79. The first-order valence-electron chi connectivity index (χ1n) is 11.5. The Hall–Kier alpha value is -2.78. The summed E-state index contributed by atoms with van der Waals surface area (Å²) in [5, 5.41) is 8.29. The number of likely N-dealkylation sites (N-methyl/N-ethyl adjacent to an activating group) is 2. The van der Waals surface area contributed by atoms with Crippen LogP contribution in [0, 0.1) is 6.92 Å². The normalized spacial score (nSPS) is 16.7. The van der Waals surface area contributed by atoms with Gasteiger partial charge in [-0.2, -0.15) is 10.1 Å². The molecule has 0 spiro atoms. The molecule has 9 heteroatoms. The molecule has 0 saturated carbocycles. The van der Waals surface area contributed by atoms with Crippen LogP contribution in [0.4, 0.5) is 17.6 Å². The summed E-state index contributed by atoms with van der Waals surface area (Å²) in [6.45, 7) is 10.2. The lowest BCUT2D eigenvalue weighted by Gasteiger charge is -2.25. The maximum absolute atomic E-state index is 5.59. The quantitative estimate of drug-likeness (QED) is 0.511. The highest BCUT2D eigenvalue weighted by Crippen LogP contribution is 2.29. The van der Waals surface area contributed by atoms with E-state index in [4.69, 9.17) is 19.8 Å². The summed E-state index contributed by atoms with van der Waals surface area (Å²) < 4.78 is 7.56. The first-order valence-corrected chi connectivity index (χ1v) is 11.5. The third-order valence-electron chi connectivity index (χ3n) is 6.02. The molecular weight excluding hydrogens is 404 g/mol. The van der Waals surface area contributed by atoms with E-state index in [2.05, 4.69) is 41.1 Å². The van der Waals surface area contributed by atoms with Crippen LogP contribution in [0.3, 0.4) is 0 Å². The fourth-order valence-corrected chi connectivity index (χ4v) is 4.13. The van der Waals surface area contributed by atoms with Crippen LogP contribution in [-0.4, -0.2) is 76.1 Å². The van der Waals surface area contributed by atoms with Gasteiger partial charge in [0.15, 0.2) is 5.82 Å². The molecule has 0 aliphatic carbocycles. The Kier molecular flexibility index (Phi) is 6.86. The molecule has 0 aromatic carbocycles. The Morgan fingerprint density at radius 3 is 2.75 bits per heavy atom. The van der Waals surface area contributed by atoms with Crippen molar-refractivity contribution in [3.63, 3.8) is 0 Å². The summed E-state index contributed by atoms with van der Waals surface area (Å²) in [5.74, 6) is 2.19. The summed E-state index contributed by atoms with van der Waals surface area (Å²) in [6.07, 6.45) is 3.75. The van der Waals surface area contributed by atoms with Crippen molar-refractivity contribution in [1.29, 1.82) is 0 Å². The molecule has 0 radical (unpaired) electrons. The number of aryl methyl sites for hydroxylation is 2. The summed E-state index contributed by atoms with van der Waals surface area (Å²) in [4.78, 5) is 19.0. The van der Waals surface area contributed by atoms with Gasteiger partial charge >= 0.3 is 0 Å². The molecular formula is C23H34N8O. The van der Waals surface area contributed by atoms with Crippen molar-refractivity contribution >= 4 is 28.6 Å². The number of aromatic nitrogens is 5. The van der Waals surface area contributed by atoms with E-state index in [1.165, 1.54) is 0 Å². The molecule has 0 bridgehead atoms. The van der Waals surface area contributed by atoms with Gasteiger partial charge in [0.2, 0.25) is 5.95 Å². The summed E-state index contributed by atoms with van der Waals surface area (Å²) in [6, 6.07) is 4.40. The minimum absolute atomic E-state index is 0.390. The average Bonchev–Trinajstić information content (AvgIpc) is 3.38. The highest BCUT2D eigenvalue weighted by molar-refractivity contribution is 5.90. The van der Waals surface area contributed by atoms with Gasteiger partial charge < -0.3 is 19.9 Å². The summed E-state index contributed by atoms with van der Waals surface area (Å²) in [7, 11) is 4.25. The van der Waals surface area contributed by atoms with Gasteiger partial charge in [0.25, 0.3) is 0 Å². The smallest absolute Gasteiger partial charge is 0.228 e. The lowest BCUT2D eigenvalue weighted by molar-refractivity contribution is 0.137. The number of likely N-dealkylation sites (tertiary alicyclic amines) is 1. The minimum atomic E-state index is 0.390. The van der Waals surface area contributed by atoms with E-state index in [9.17, 15) is 0 Å². The molecule has 1 fully saturated rings. The van der Waals surface area contributed by atoms with Crippen molar-refractivity contribution in [2.24, 2.45) is 0 Å². The molecule has 0 unspecified atom stereocenters. The maximum atomic E-state index is 5.59. The van der Waals surface area contributed by atoms with Gasteiger partial charge in [-0.1, -0.05) is 13.0 Å². The molecule has 9 nitrogen and oxygen atoms in total. The lowest BCUT2D eigenvalue weighted by atomic mass is 10.2. The van der Waals surface area contributed by atoms with Crippen molar-refractivity contribution in [2.75, 3.05) is 50.6 Å². The van der Waals surface area contributed by atoms with E-state index in [0.29, 0.717) is 31.7 Å². The molecule has 0 amide bonds. The Bertz CT molecular complexity index is 1050. The number of rotatable bonds is 9. The van der Waals surface area contributed by atoms with Gasteiger partial charge in [0.1, 0.15) is 16.9 Å². The summed E-state index contributed by atoms with van der Waals surface area (Å²) in [5.41, 5.74) is 3.87. The molecule has 4 heterocycles. The van der Waals surface area contributed by atoms with E-state index < -0.39 is 0 Å². The van der Waals surface area contributed by atoms with Crippen LogP contribution in [0.15, 0.2) is 18.3 Å². The van der Waals surface area contributed by atoms with Crippen molar-refractivity contribution < 1.29 is 4.74 Å². The van der Waals surface area contributed by atoms with Gasteiger partial charge in [-0.3, -0.25) is 4.68 Å². The monoisotopic (exact) mass is 438 g/mol. The van der Waals surface area contributed by atoms with Gasteiger partial charge in [0, 0.05) is 32.4 Å². The first-order chi connectivity index (χ1) is 15.5. The van der Waals surface area contributed by atoms with E-state index >= 15 is 0 Å². The molecule has 172 valence electrons. The van der Waals surface area contributed by atoms with Crippen LogP contribution in [0.5, 0.6) is 0 Å². The van der Waals surface area contributed by atoms with Crippen LogP contribution in [0.25, 0.3) is 11.0 Å². The van der Waals surface area contributed by atoms with Crippen LogP contribution in [0.2, 0.25) is 0 Å². The zero-order chi connectivity index (χ0) is 22.7. The molecule has 1 saturated heterocycles. The standard InChI is InChI=1S/C23H34N8O/c1-6-18-20-21(31(28-18)12-13-32-7-2)22(25-19-9-8-16(3)14-24-19)27-23(26-20)30(5)17-10-11-29(4)15-17/h8-9,14,17H,6-7,10-13,15H2,1-5H3,(H,24,25,26,27)/t17-/m0/s1. The van der Waals surface area contributed by atoms with Gasteiger partial charge in [-0.05, 0) is 51.9 Å². The molecule has 1 aliphatic heterocycles. The third-order valence-corrected chi connectivity index (χ3v) is 6.02. The predicted molar refractivity (Wildman–Crippen MR) is 128 cm³/mol. The largest absolute Gasteiger partial charge is 0.380 e. The van der Waals surface area contributed by atoms with E-state index in [1.54, 1.807) is 0 Å². The first kappa shape index (κ1) is 22.4. The predicted octanol–water partition coefficient (Wildman–Crippen LogP) is 3.01. The van der Waals surface area contributed by atoms with E-state index in [0.717, 1.165) is 59.9 Å². The maximum Gasteiger partial charge on any atom is 0.228 e. The van der Waals surface area contributed by atoms with Crippen molar-refractivity contribution in [3.8, 4) is 0 Å². The van der Waals surface area contributed by atoms with E-state index in [1.807, 2.05) is 36.9 Å². The van der Waals surface area contributed by atoms with Crippen LogP contribution >= 0.6 is 0 Å². The topological polar surface area (TPSA) is 84.2 Å². The molecule has 1 N–H and O–H groups in total. The van der Waals surface area contributed by atoms with Crippen molar-refractivity contribution in [2.45, 2.75) is 46.2 Å². The number of pyridine rings is 1. The molecule has 1 aliphatic rings. The second-order valence-electron chi connectivity index (χ2n) is 8.45. The highest BCUT2D eigenvalue weighted by Gasteiger charge is 2.27. The Labute approximate surface area is 189 Å². The van der Waals surface area contributed by atoms with Gasteiger partial charge in [-0.15, -0.1) is 0 Å². The zero-order valence-corrected chi connectivity index (χ0v) is 19.8. The van der Waals surface area contributed by atoms with Crippen LogP contribution in [-0.2, 0) is 17.7 Å². The highest BCUT2D eigenvalue weighted by atomic mass is 16.5. The number of hydrogen-bond donors (Lipinski definition) is 1. The number of nitrogens with one attached hydrogen (secondary N) is 1. The summed E-state index contributed by atoms with van der Waals surface area (Å²) >= 11 is 0. The fraction of sp³-hybridized carbons (Fsp3) is 0.565. The number of ether oxygens (including phenoxy) is 1. The van der Waals surface area contributed by atoms with Crippen molar-refractivity contribution in [3.05, 3.63) is 29.6 Å². The number of hydrogen-bond acceptors (Lipinski definition) is 8. The average molecular weight is 439 g/mol. The SMILES string of the molecule is CCOCCn1nc(CC)c2nc(N(C)[C@H]3CCN(C)C3)nc(Nc3ccc(C)cn3)c21. The molecule has 1 atom stereocenters. The molecule has 3 aromatic heterocycles. The zero-order valence-electron chi connectivity index (χ0n) is 19.8. The Balaban J connectivity index is 1.79. The van der Waals surface area contributed by atoms with E-state index in [-0.39, 0.29) is 0 Å². The molecule has 4 rings (SSSR count). The second-order valence-corrected chi connectivity index (χ2v) is 8.45. The Morgan fingerprint density at radius 2 is 2.09 bits per heavy atom. The number of nitrogens with zero attached hydrogens (tertiary/aromatic N) is 7. The van der Waals surface area contributed by atoms with Crippen molar-refractivity contribution in [1.82, 2.24) is 29.6 Å². The van der Waals surface area contributed by atoms with Crippen LogP contribution < -0.4 is 10.2 Å². The van der Waals surface area contributed by atoms with Gasteiger partial charge in [-0.25, -0.2) is 9.97 Å². The molecule has 3 aromatic rings. The Morgan fingerprint density at radius 1 is 1.25 bits per heavy atom.